The third-order valence-corrected chi connectivity index (χ3v) is 3.58. The van der Waals surface area contributed by atoms with Crippen molar-refractivity contribution in [2.24, 2.45) is 0 Å². The lowest BCUT2D eigenvalue weighted by molar-refractivity contribution is -0.122. The lowest BCUT2D eigenvalue weighted by atomic mass is 9.99. The summed E-state index contributed by atoms with van der Waals surface area (Å²) in [5.74, 6) is 1.64. The molecule has 2 aromatic rings. The lowest BCUT2D eigenvalue weighted by Crippen LogP contribution is -2.33. The minimum Gasteiger partial charge on any atom is -0.355 e. The second kappa shape index (κ2) is 5.86. The van der Waals surface area contributed by atoms with E-state index >= 15 is 0 Å². The molecule has 1 atom stereocenters. The third kappa shape index (κ3) is 3.04. The zero-order valence-corrected chi connectivity index (χ0v) is 11.2. The molecular formula is C15H17N3O2. The molecule has 0 aliphatic carbocycles. The van der Waals surface area contributed by atoms with Gasteiger partial charge in [0.05, 0.1) is 5.92 Å². The lowest BCUT2D eigenvalue weighted by Gasteiger charge is -2.18. The van der Waals surface area contributed by atoms with Gasteiger partial charge in [0.2, 0.25) is 11.8 Å². The number of benzene rings is 1. The first-order valence-corrected chi connectivity index (χ1v) is 6.94. The molecule has 5 nitrogen and oxygen atoms in total. The highest BCUT2D eigenvalue weighted by Gasteiger charge is 2.24. The predicted molar refractivity (Wildman–Crippen MR) is 73.1 cm³/mol. The molecule has 1 saturated heterocycles. The maximum atomic E-state index is 11.1. The van der Waals surface area contributed by atoms with Crippen LogP contribution in [0.2, 0.25) is 0 Å². The Labute approximate surface area is 117 Å². The summed E-state index contributed by atoms with van der Waals surface area (Å²) in [5.41, 5.74) is 1.27. The Morgan fingerprint density at radius 2 is 2.10 bits per heavy atom. The van der Waals surface area contributed by atoms with Crippen LogP contribution in [0.25, 0.3) is 0 Å². The van der Waals surface area contributed by atoms with Crippen molar-refractivity contribution in [1.29, 1.82) is 0 Å². The fourth-order valence-corrected chi connectivity index (χ4v) is 2.38. The monoisotopic (exact) mass is 271 g/mol. The van der Waals surface area contributed by atoms with Crippen molar-refractivity contribution >= 4 is 5.91 Å². The molecule has 5 heteroatoms. The fraction of sp³-hybridized carbons (Fsp3) is 0.400. The first-order valence-electron chi connectivity index (χ1n) is 6.94. The van der Waals surface area contributed by atoms with Gasteiger partial charge in [-0.25, -0.2) is 0 Å². The zero-order valence-electron chi connectivity index (χ0n) is 11.2. The van der Waals surface area contributed by atoms with Crippen LogP contribution in [0.5, 0.6) is 0 Å². The van der Waals surface area contributed by atoms with Gasteiger partial charge in [-0.15, -0.1) is 0 Å². The third-order valence-electron chi connectivity index (χ3n) is 3.58. The number of hydrogen-bond acceptors (Lipinski definition) is 4. The molecule has 1 unspecified atom stereocenters. The summed E-state index contributed by atoms with van der Waals surface area (Å²) >= 11 is 0. The fourth-order valence-electron chi connectivity index (χ4n) is 2.38. The molecule has 0 spiro atoms. The number of nitrogens with one attached hydrogen (secondary N) is 1. The van der Waals surface area contributed by atoms with Crippen molar-refractivity contribution in [1.82, 2.24) is 15.5 Å². The van der Waals surface area contributed by atoms with Gasteiger partial charge in [0.15, 0.2) is 5.82 Å². The highest BCUT2D eigenvalue weighted by Crippen LogP contribution is 2.22. The number of piperidine rings is 1. The normalized spacial score (nSPS) is 18.8. The van der Waals surface area contributed by atoms with Crippen LogP contribution in [0, 0.1) is 0 Å². The summed E-state index contributed by atoms with van der Waals surface area (Å²) < 4.78 is 5.32. The van der Waals surface area contributed by atoms with Crippen molar-refractivity contribution in [2.45, 2.75) is 31.6 Å². The largest absolute Gasteiger partial charge is 0.355 e. The Morgan fingerprint density at radius 3 is 2.85 bits per heavy atom. The Balaban J connectivity index is 1.58. The summed E-state index contributed by atoms with van der Waals surface area (Å²) in [6.45, 7) is 0.596. The topological polar surface area (TPSA) is 68.0 Å². The van der Waals surface area contributed by atoms with Crippen LogP contribution in [0.1, 0.15) is 36.0 Å². The van der Waals surface area contributed by atoms with Crippen LogP contribution in [0.4, 0.5) is 0 Å². The van der Waals surface area contributed by atoms with E-state index in [9.17, 15) is 4.79 Å². The van der Waals surface area contributed by atoms with Gasteiger partial charge in [-0.05, 0) is 18.4 Å². The van der Waals surface area contributed by atoms with Crippen molar-refractivity contribution in [3.8, 4) is 0 Å². The first kappa shape index (κ1) is 12.8. The quantitative estimate of drug-likeness (QED) is 0.921. The summed E-state index contributed by atoms with van der Waals surface area (Å²) in [5, 5.41) is 6.86. The Hall–Kier alpha value is -2.17. The van der Waals surface area contributed by atoms with E-state index in [1.807, 2.05) is 18.2 Å². The molecule has 2 heterocycles. The molecule has 1 amide bonds. The van der Waals surface area contributed by atoms with Crippen molar-refractivity contribution in [3.63, 3.8) is 0 Å². The number of carbonyl (C=O) groups is 1. The number of hydrogen-bond donors (Lipinski definition) is 1. The molecule has 1 aromatic carbocycles. The Bertz CT molecular complexity index is 570. The van der Waals surface area contributed by atoms with Crippen LogP contribution >= 0.6 is 0 Å². The van der Waals surface area contributed by atoms with Crippen molar-refractivity contribution in [3.05, 3.63) is 47.6 Å². The SMILES string of the molecule is O=C1CCC(c2nc(CCc3ccccc3)no2)CN1. The van der Waals surface area contributed by atoms with Gasteiger partial charge in [-0.3, -0.25) is 4.79 Å². The molecule has 1 aliphatic rings. The number of carbonyl (C=O) groups excluding carboxylic acids is 1. The smallest absolute Gasteiger partial charge is 0.231 e. The number of aromatic nitrogens is 2. The molecular weight excluding hydrogens is 254 g/mol. The molecule has 1 N–H and O–H groups in total. The standard InChI is InChI=1S/C15H17N3O2/c19-14-9-7-12(10-16-14)15-17-13(18-20-15)8-6-11-4-2-1-3-5-11/h1-5,12H,6-10H2,(H,16,19). The van der Waals surface area contributed by atoms with Crippen LogP contribution in [0.15, 0.2) is 34.9 Å². The second-order valence-electron chi connectivity index (χ2n) is 5.07. The van der Waals surface area contributed by atoms with Gasteiger partial charge in [0, 0.05) is 19.4 Å². The van der Waals surface area contributed by atoms with Gasteiger partial charge < -0.3 is 9.84 Å². The van der Waals surface area contributed by atoms with Crippen molar-refractivity contribution in [2.75, 3.05) is 6.54 Å². The van der Waals surface area contributed by atoms with E-state index in [-0.39, 0.29) is 11.8 Å². The van der Waals surface area contributed by atoms with Gasteiger partial charge in [-0.2, -0.15) is 4.98 Å². The van der Waals surface area contributed by atoms with Gasteiger partial charge in [0.1, 0.15) is 0 Å². The number of nitrogens with zero attached hydrogens (tertiary/aromatic N) is 2. The number of amides is 1. The van der Waals surface area contributed by atoms with Crippen LogP contribution < -0.4 is 5.32 Å². The first-order chi connectivity index (χ1) is 9.81. The number of rotatable bonds is 4. The van der Waals surface area contributed by atoms with E-state index in [4.69, 9.17) is 4.52 Å². The molecule has 3 rings (SSSR count). The number of aryl methyl sites for hydroxylation is 2. The summed E-state index contributed by atoms with van der Waals surface area (Å²) in [6, 6.07) is 10.3. The average molecular weight is 271 g/mol. The minimum atomic E-state index is 0.102. The van der Waals surface area contributed by atoms with E-state index in [0.717, 1.165) is 25.1 Å². The van der Waals surface area contributed by atoms with Gasteiger partial charge in [-0.1, -0.05) is 35.5 Å². The Kier molecular flexibility index (Phi) is 3.76. The zero-order chi connectivity index (χ0) is 13.8. The summed E-state index contributed by atoms with van der Waals surface area (Å²) in [7, 11) is 0. The molecule has 1 aromatic heterocycles. The van der Waals surface area contributed by atoms with Crippen molar-refractivity contribution < 1.29 is 9.32 Å². The molecule has 0 bridgehead atoms. The Morgan fingerprint density at radius 1 is 1.25 bits per heavy atom. The highest BCUT2D eigenvalue weighted by molar-refractivity contribution is 5.76. The average Bonchev–Trinajstić information content (AvgIpc) is 2.96. The summed E-state index contributed by atoms with van der Waals surface area (Å²) in [4.78, 5) is 15.6. The van der Waals surface area contributed by atoms with E-state index < -0.39 is 0 Å². The summed E-state index contributed by atoms with van der Waals surface area (Å²) in [6.07, 6.45) is 2.99. The molecule has 1 aliphatic heterocycles. The molecule has 104 valence electrons. The van der Waals surface area contributed by atoms with E-state index in [2.05, 4.69) is 27.6 Å². The van der Waals surface area contributed by atoms with Crippen LogP contribution in [-0.2, 0) is 17.6 Å². The van der Waals surface area contributed by atoms with E-state index in [1.54, 1.807) is 0 Å². The van der Waals surface area contributed by atoms with E-state index in [1.165, 1.54) is 5.56 Å². The highest BCUT2D eigenvalue weighted by atomic mass is 16.5. The van der Waals surface area contributed by atoms with Crippen LogP contribution in [0.3, 0.4) is 0 Å². The minimum absolute atomic E-state index is 0.102. The van der Waals surface area contributed by atoms with E-state index in [0.29, 0.717) is 18.9 Å². The second-order valence-corrected chi connectivity index (χ2v) is 5.07. The predicted octanol–water partition coefficient (Wildman–Crippen LogP) is 1.85. The maximum Gasteiger partial charge on any atom is 0.231 e. The van der Waals surface area contributed by atoms with Gasteiger partial charge >= 0.3 is 0 Å². The molecule has 0 saturated carbocycles. The molecule has 0 radical (unpaired) electrons. The van der Waals surface area contributed by atoms with Crippen LogP contribution in [-0.4, -0.2) is 22.6 Å². The molecule has 20 heavy (non-hydrogen) atoms. The maximum absolute atomic E-state index is 11.1. The molecule has 1 fully saturated rings. The van der Waals surface area contributed by atoms with Gasteiger partial charge in [0.25, 0.3) is 0 Å².